The summed E-state index contributed by atoms with van der Waals surface area (Å²) in [6, 6.07) is 15.3. The number of hydrogen-bond donors (Lipinski definition) is 2. The van der Waals surface area contributed by atoms with Gasteiger partial charge in [0.05, 0.1) is 18.9 Å². The van der Waals surface area contributed by atoms with E-state index < -0.39 is 0 Å². The molecule has 0 aliphatic rings. The Balaban J connectivity index is 1.51. The summed E-state index contributed by atoms with van der Waals surface area (Å²) < 4.78 is 7.07. The Morgan fingerprint density at radius 2 is 2.07 bits per heavy atom. The van der Waals surface area contributed by atoms with Gasteiger partial charge >= 0.3 is 0 Å². The third-order valence-electron chi connectivity index (χ3n) is 3.79. The molecule has 146 valence electrons. The van der Waals surface area contributed by atoms with Gasteiger partial charge in [-0.15, -0.1) is 10.2 Å². The number of hydrogen-bond acceptors (Lipinski definition) is 7. The lowest BCUT2D eigenvalue weighted by Crippen LogP contribution is -2.28. The molecule has 0 aliphatic heterocycles. The second-order valence-electron chi connectivity index (χ2n) is 5.83. The number of anilines is 2. The largest absolute Gasteiger partial charge is 0.496 e. The quantitative estimate of drug-likeness (QED) is 0.442. The first-order valence-corrected chi connectivity index (χ1v) is 11.1. The molecule has 0 saturated heterocycles. The molecule has 1 heterocycles. The first-order chi connectivity index (χ1) is 13.5. The highest BCUT2D eigenvalue weighted by atomic mass is 79.9. The van der Waals surface area contributed by atoms with Crippen molar-refractivity contribution >= 4 is 55.8 Å². The van der Waals surface area contributed by atoms with E-state index in [4.69, 9.17) is 4.74 Å². The lowest BCUT2D eigenvalue weighted by atomic mass is 10.1. The van der Waals surface area contributed by atoms with Gasteiger partial charge in [0.2, 0.25) is 11.0 Å². The molecule has 9 heteroatoms. The third-order valence-corrected chi connectivity index (χ3v) is 6.26. The van der Waals surface area contributed by atoms with Crippen LogP contribution in [0.5, 0.6) is 5.75 Å². The summed E-state index contributed by atoms with van der Waals surface area (Å²) in [5, 5.41) is 15.1. The van der Waals surface area contributed by atoms with Gasteiger partial charge in [0, 0.05) is 15.7 Å². The van der Waals surface area contributed by atoms with E-state index in [2.05, 4.69) is 36.8 Å². The molecule has 1 aromatic heterocycles. The summed E-state index contributed by atoms with van der Waals surface area (Å²) >= 11 is 6.21. The van der Waals surface area contributed by atoms with Crippen LogP contribution in [0.15, 0.2) is 57.3 Å². The van der Waals surface area contributed by atoms with Crippen molar-refractivity contribution in [2.24, 2.45) is 0 Å². The minimum Gasteiger partial charge on any atom is -0.496 e. The molecule has 0 spiro atoms. The number of amides is 1. The monoisotopic (exact) mass is 478 g/mol. The Labute approximate surface area is 180 Å². The number of nitrogens with zero attached hydrogens (tertiary/aromatic N) is 2. The van der Waals surface area contributed by atoms with Gasteiger partial charge in [0.1, 0.15) is 5.75 Å². The number of para-hydroxylation sites is 1. The van der Waals surface area contributed by atoms with Crippen molar-refractivity contribution in [1.29, 1.82) is 0 Å². The zero-order valence-corrected chi connectivity index (χ0v) is 18.5. The first-order valence-electron chi connectivity index (χ1n) is 8.46. The molecule has 6 nitrogen and oxygen atoms in total. The topological polar surface area (TPSA) is 76.1 Å². The zero-order valence-electron chi connectivity index (χ0n) is 15.3. The number of halogens is 1. The predicted molar refractivity (Wildman–Crippen MR) is 118 cm³/mol. The Hall–Kier alpha value is -2.10. The van der Waals surface area contributed by atoms with Crippen LogP contribution in [0.2, 0.25) is 0 Å². The summed E-state index contributed by atoms with van der Waals surface area (Å²) in [6.45, 7) is 1.94. The van der Waals surface area contributed by atoms with E-state index in [1.807, 2.05) is 55.5 Å². The summed E-state index contributed by atoms with van der Waals surface area (Å²) in [7, 11) is 1.62. The molecule has 0 saturated carbocycles. The minimum absolute atomic E-state index is 0.0693. The fraction of sp³-hybridized carbons (Fsp3) is 0.211. The van der Waals surface area contributed by atoms with Crippen molar-refractivity contribution in [2.75, 3.05) is 18.2 Å². The molecule has 3 rings (SSSR count). The van der Waals surface area contributed by atoms with Crippen LogP contribution < -0.4 is 15.4 Å². The summed E-state index contributed by atoms with van der Waals surface area (Å²) in [5.74, 6) is 0.959. The zero-order chi connectivity index (χ0) is 19.9. The first kappa shape index (κ1) is 20.6. The second kappa shape index (κ2) is 9.90. The maximum absolute atomic E-state index is 12.3. The van der Waals surface area contributed by atoms with Crippen molar-refractivity contribution in [1.82, 2.24) is 15.5 Å². The van der Waals surface area contributed by atoms with Crippen molar-refractivity contribution < 1.29 is 9.53 Å². The van der Waals surface area contributed by atoms with Gasteiger partial charge in [0.25, 0.3) is 0 Å². The highest BCUT2D eigenvalue weighted by molar-refractivity contribution is 9.10. The Morgan fingerprint density at radius 3 is 2.86 bits per heavy atom. The van der Waals surface area contributed by atoms with E-state index >= 15 is 0 Å². The third kappa shape index (κ3) is 5.70. The number of nitrogens with one attached hydrogen (secondary N) is 2. The molecule has 3 aromatic rings. The van der Waals surface area contributed by atoms with E-state index in [9.17, 15) is 4.79 Å². The Kier molecular flexibility index (Phi) is 7.30. The number of aromatic nitrogens is 2. The Morgan fingerprint density at radius 1 is 1.25 bits per heavy atom. The number of thioether (sulfide) groups is 1. The van der Waals surface area contributed by atoms with Crippen LogP contribution in [0.3, 0.4) is 0 Å². The summed E-state index contributed by atoms with van der Waals surface area (Å²) in [5.41, 5.74) is 1.87. The van der Waals surface area contributed by atoms with Crippen molar-refractivity contribution in [3.05, 3.63) is 58.6 Å². The molecular weight excluding hydrogens is 460 g/mol. The van der Waals surface area contributed by atoms with Gasteiger partial charge in [-0.05, 0) is 31.2 Å². The number of carbonyl (C=O) groups is 1. The van der Waals surface area contributed by atoms with Crippen LogP contribution in [0, 0.1) is 0 Å². The van der Waals surface area contributed by atoms with Crippen LogP contribution in [0.25, 0.3) is 0 Å². The standard InChI is InChI=1S/C19H19BrN4O2S2/c1-12(15-8-3-4-9-16(15)26-2)21-17(25)11-27-19-24-23-18(28-19)22-14-7-5-6-13(20)10-14/h3-10,12H,11H2,1-2H3,(H,21,25)(H,22,23). The fourth-order valence-corrected chi connectivity index (χ4v) is 4.50. The number of ether oxygens (including phenoxy) is 1. The van der Waals surface area contributed by atoms with Crippen molar-refractivity contribution in [3.8, 4) is 5.75 Å². The molecule has 0 aliphatic carbocycles. The molecule has 2 N–H and O–H groups in total. The van der Waals surface area contributed by atoms with E-state index in [0.717, 1.165) is 25.8 Å². The lowest BCUT2D eigenvalue weighted by molar-refractivity contribution is -0.119. The van der Waals surface area contributed by atoms with Crippen LogP contribution in [0.1, 0.15) is 18.5 Å². The van der Waals surface area contributed by atoms with Crippen LogP contribution in [0.4, 0.5) is 10.8 Å². The number of carbonyl (C=O) groups excluding carboxylic acids is 1. The van der Waals surface area contributed by atoms with Gasteiger partial charge in [-0.1, -0.05) is 63.3 Å². The van der Waals surface area contributed by atoms with Crippen molar-refractivity contribution in [2.45, 2.75) is 17.3 Å². The molecule has 1 atom stereocenters. The van der Waals surface area contributed by atoms with E-state index in [1.165, 1.54) is 23.1 Å². The second-order valence-corrected chi connectivity index (χ2v) is 8.94. The van der Waals surface area contributed by atoms with Crippen LogP contribution >= 0.6 is 39.0 Å². The van der Waals surface area contributed by atoms with Gasteiger partial charge in [-0.25, -0.2) is 0 Å². The fourth-order valence-electron chi connectivity index (χ4n) is 2.52. The van der Waals surface area contributed by atoms with Gasteiger partial charge in [-0.2, -0.15) is 0 Å². The lowest BCUT2D eigenvalue weighted by Gasteiger charge is -2.16. The molecule has 0 radical (unpaired) electrons. The normalized spacial score (nSPS) is 11.7. The number of rotatable bonds is 8. The Bertz CT molecular complexity index is 951. The van der Waals surface area contributed by atoms with Crippen LogP contribution in [-0.4, -0.2) is 29.0 Å². The molecular formula is C19H19BrN4O2S2. The van der Waals surface area contributed by atoms with E-state index in [-0.39, 0.29) is 17.7 Å². The average Bonchev–Trinajstić information content (AvgIpc) is 3.13. The predicted octanol–water partition coefficient (Wildman–Crippen LogP) is 5.02. The molecule has 0 bridgehead atoms. The maximum Gasteiger partial charge on any atom is 0.230 e. The van der Waals surface area contributed by atoms with Crippen molar-refractivity contribution in [3.63, 3.8) is 0 Å². The van der Waals surface area contributed by atoms with Crippen LogP contribution in [-0.2, 0) is 4.79 Å². The smallest absolute Gasteiger partial charge is 0.230 e. The molecule has 2 aromatic carbocycles. The summed E-state index contributed by atoms with van der Waals surface area (Å²) in [6.07, 6.45) is 0. The van der Waals surface area contributed by atoms with E-state index in [1.54, 1.807) is 7.11 Å². The average molecular weight is 479 g/mol. The number of benzene rings is 2. The molecule has 1 unspecified atom stereocenters. The summed E-state index contributed by atoms with van der Waals surface area (Å²) in [4.78, 5) is 12.3. The molecule has 28 heavy (non-hydrogen) atoms. The van der Waals surface area contributed by atoms with Gasteiger partial charge < -0.3 is 15.4 Å². The van der Waals surface area contributed by atoms with Gasteiger partial charge in [-0.3, -0.25) is 4.79 Å². The maximum atomic E-state index is 12.3. The van der Waals surface area contributed by atoms with E-state index in [0.29, 0.717) is 5.13 Å². The SMILES string of the molecule is COc1ccccc1C(C)NC(=O)CSc1nnc(Nc2cccc(Br)c2)s1. The highest BCUT2D eigenvalue weighted by Gasteiger charge is 2.14. The molecule has 1 amide bonds. The highest BCUT2D eigenvalue weighted by Crippen LogP contribution is 2.29. The molecule has 0 fully saturated rings. The minimum atomic E-state index is -0.146. The number of methoxy groups -OCH3 is 1. The van der Waals surface area contributed by atoms with Gasteiger partial charge in [0.15, 0.2) is 4.34 Å².